The van der Waals surface area contributed by atoms with Gasteiger partial charge >= 0.3 is 130 Å². The van der Waals surface area contributed by atoms with E-state index in [1.807, 2.05) is 0 Å². The van der Waals surface area contributed by atoms with Crippen LogP contribution < -0.4 is 202 Å². The van der Waals surface area contributed by atoms with Gasteiger partial charge in [-0.2, -0.15) is 47.6 Å². The van der Waals surface area contributed by atoms with Crippen molar-refractivity contribution < 1.29 is 200 Å². The molecule has 0 fully saturated rings. The van der Waals surface area contributed by atoms with Gasteiger partial charge in [0.1, 0.15) is 44.1 Å². The van der Waals surface area contributed by atoms with Crippen molar-refractivity contribution >= 4 is 151 Å². The van der Waals surface area contributed by atoms with Gasteiger partial charge in [0.25, 0.3) is 10.1 Å². The number of hydrogen-bond acceptors (Lipinski definition) is 29. The maximum atomic E-state index is 15.4. The minimum absolute atomic E-state index is 0. The molecular weight excluding hydrogens is 1580 g/mol. The van der Waals surface area contributed by atoms with Gasteiger partial charge in [-0.1, -0.05) is 36.0 Å². The van der Waals surface area contributed by atoms with Crippen molar-refractivity contribution in [2.45, 2.75) is 62.6 Å². The van der Waals surface area contributed by atoms with Crippen LogP contribution >= 0.6 is 0 Å². The molecule has 0 unspecified atom stereocenters. The van der Waals surface area contributed by atoms with Crippen LogP contribution in [0.5, 0.6) is 0 Å². The van der Waals surface area contributed by atoms with E-state index in [1.165, 1.54) is 54.6 Å². The zero-order valence-corrected chi connectivity index (χ0v) is 73.5. The second-order valence-electron chi connectivity index (χ2n) is 23.5. The number of carboxylic acids is 1. The molecule has 0 bridgehead atoms. The number of carbonyl (C=O) groups is 3. The first-order valence-electron chi connectivity index (χ1n) is 31.9. The first kappa shape index (κ1) is 94.7. The van der Waals surface area contributed by atoms with Crippen LogP contribution in [0.3, 0.4) is 0 Å². The molecule has 1 aliphatic heterocycles. The van der Waals surface area contributed by atoms with Crippen LogP contribution in [0.1, 0.15) is 39.8 Å². The van der Waals surface area contributed by atoms with Crippen LogP contribution in [0, 0.1) is 53.9 Å². The summed E-state index contributed by atoms with van der Waals surface area (Å²) in [5, 5.41) is 41.0. The summed E-state index contributed by atoms with van der Waals surface area (Å²) in [6.07, 6.45) is 3.53. The van der Waals surface area contributed by atoms with Crippen molar-refractivity contribution in [2.75, 3.05) is 99.4 Å². The van der Waals surface area contributed by atoms with Gasteiger partial charge in [0, 0.05) is 89.0 Å². The van der Waals surface area contributed by atoms with Gasteiger partial charge in [-0.3, -0.25) is 10.8 Å². The van der Waals surface area contributed by atoms with E-state index in [0.717, 1.165) is 30.1 Å². The number of nitrogens with two attached hydrogens (primary N) is 2. The minimum atomic E-state index is -5.20. The summed E-state index contributed by atoms with van der Waals surface area (Å²) in [7, 11) is -18.2. The molecule has 37 nitrogen and oxygen atoms in total. The smallest absolute Gasteiger partial charge is 0.744 e. The van der Waals surface area contributed by atoms with Crippen LogP contribution in [0.2, 0.25) is 0 Å². The van der Waals surface area contributed by atoms with Gasteiger partial charge < -0.3 is 103 Å². The summed E-state index contributed by atoms with van der Waals surface area (Å²) in [4.78, 5) is 74.7. The van der Waals surface area contributed by atoms with Gasteiger partial charge in [-0.25, -0.2) is 49.3 Å². The molecule has 2 aromatic heterocycles. The number of nitrogens with zero attached hydrogens (tertiary/aromatic N) is 7. The third-order valence-electron chi connectivity index (χ3n) is 15.9. The van der Waals surface area contributed by atoms with E-state index in [0.29, 0.717) is 50.4 Å². The van der Waals surface area contributed by atoms with E-state index in [9.17, 15) is 58.6 Å². The van der Waals surface area contributed by atoms with Crippen LogP contribution in [-0.4, -0.2) is 148 Å². The van der Waals surface area contributed by atoms with E-state index >= 15 is 8.42 Å². The normalized spacial score (nSPS) is 11.4. The number of aliphatic carboxylic acids is 1. The Balaban J connectivity index is 0.00000216. The number of benzene rings is 7. The van der Waals surface area contributed by atoms with Crippen molar-refractivity contribution in [1.82, 2.24) is 44.7 Å². The number of amides is 4. The maximum Gasteiger partial charge on any atom is 1.00 e. The van der Waals surface area contributed by atoms with Crippen molar-refractivity contribution in [3.8, 4) is 22.5 Å². The van der Waals surface area contributed by atoms with E-state index < -0.39 is 91.8 Å². The number of anilines is 12. The number of rotatable bonds is 28. The van der Waals surface area contributed by atoms with Crippen molar-refractivity contribution in [3.63, 3.8) is 0 Å². The second-order valence-corrected chi connectivity index (χ2v) is 29.9. The van der Waals surface area contributed by atoms with Gasteiger partial charge in [-0.05, 0) is 113 Å². The molecule has 2 aliphatic rings. The number of carbonyl (C=O) groups excluding carboxylic acids is 4. The molecule has 0 saturated carbocycles. The van der Waals surface area contributed by atoms with Crippen molar-refractivity contribution in [3.05, 3.63) is 160 Å². The number of urea groups is 2. The van der Waals surface area contributed by atoms with Gasteiger partial charge in [0.15, 0.2) is 4.90 Å². The third-order valence-corrected chi connectivity index (χ3v) is 20.4. The summed E-state index contributed by atoms with van der Waals surface area (Å²) in [5.74, 6) is -3.76. The Hall–Kier alpha value is -7.93. The second kappa shape index (κ2) is 41.4. The number of fused-ring (bicyclic) bond motifs is 2. The molecule has 112 heavy (non-hydrogen) atoms. The number of aromatic nitrogens is 6. The average Bonchev–Trinajstić information content (AvgIpc) is 0.724. The average molecular weight is 1650 g/mol. The van der Waals surface area contributed by atoms with Gasteiger partial charge in [0.05, 0.1) is 40.4 Å². The Bertz CT molecular complexity index is 5670. The predicted molar refractivity (Wildman–Crippen MR) is 396 cm³/mol. The number of sulfonamides is 2. The SMILES string of the molecule is CNS(=O)(=O)CN(c1n[c-]nc(N)n1)c1cc2c(-c3ccccc3S(=O)(=O)O)c3cc(S(=O)(=O)NCCNc4nc(N)nc(NCCC(=O)[O-])n4)c(=[NH+]c4c(C)cc(C)c(NC(=O)Nc5cccc(S(=O)(=O)[O-])c5)c4C)cc-3oc2cc1Nc1c(C)cc(C)c(NC(=O)Nc2c[c-]ccc2)c1C.O=[C-]CNCO.[Na+].[Na+].[Na+].[Na+]. The van der Waals surface area contributed by atoms with E-state index in [1.54, 1.807) is 84.2 Å². The van der Waals surface area contributed by atoms with Crippen LogP contribution in [0.25, 0.3) is 33.4 Å². The Kier molecular flexibility index (Phi) is 35.0. The first-order valence-corrected chi connectivity index (χ1v) is 37.9. The molecule has 568 valence electrons. The number of nitrogens with one attached hydrogen (secondary N) is 11. The van der Waals surface area contributed by atoms with Crippen LogP contribution in [-0.2, 0) is 49.9 Å². The fourth-order valence-electron chi connectivity index (χ4n) is 11.2. The predicted octanol–water partition coefficient (Wildman–Crippen LogP) is -9.08. The number of nitrogen functional groups attached to an aromatic ring is 2. The Morgan fingerprint density at radius 2 is 1.31 bits per heavy atom. The zero-order chi connectivity index (χ0) is 78.6. The van der Waals surface area contributed by atoms with Gasteiger partial charge in [-0.15, -0.1) is 12.6 Å². The van der Waals surface area contributed by atoms with Gasteiger partial charge in [0.2, 0.25) is 48.9 Å². The number of aryl methyl sites for hydroxylation is 4. The molecule has 4 amide bonds. The molecule has 45 heteroatoms. The quantitative estimate of drug-likeness (QED) is 0.00541. The van der Waals surface area contributed by atoms with Crippen LogP contribution in [0.4, 0.5) is 84.8 Å². The standard InChI is InChI=1S/C64H65N19O15S4.C3H6NO2.4Na/c1-33-24-35(3)56(77-63(86)73-39-14-9-8-10-15-39)37(5)54(33)75-45-29-48-43(27-47(45)83(32-99(88,89)67-7)62-71-31-70-58(65)81-62)53(42-18-11-12-19-50(42)102(95,96)97)44-28-51(100(90,91)72-23-22-69-61-80-59(66)79-60(82-61)68-21-20-52(84)85)46(30-49(44)98-48)76-55-34(2)25-36(4)57(38(55)6)78-64(87)74-40-16-13-17-41(26-40)101(92,93)94;5-2-1-4-3-6;;;;/h8-9,11-19,24-30,67,72,75H,20-23,32H2,1-7H3,(H,84,85)(H2,73,77,86)(H2,74,78,87)(H,92,93,94)(H,95,96,97)(H2,65,70,71,81)(H4,66,68,69,79,80,82);4,6H,1,3H2;;;;/q-2;-1;4*+1/p-1. The summed E-state index contributed by atoms with van der Waals surface area (Å²) < 4.78 is 145. The number of hydrogen-bond donors (Lipinski definition) is 15. The monoisotopic (exact) mass is 1650 g/mol. The molecular formula is C67H70N20Na4O17S4. The largest absolute Gasteiger partial charge is 1.00 e. The summed E-state index contributed by atoms with van der Waals surface area (Å²) in [6.45, 7) is 9.40. The Morgan fingerprint density at radius 1 is 0.679 bits per heavy atom. The Morgan fingerprint density at radius 3 is 1.92 bits per heavy atom. The fraction of sp³-hybridized carbons (Fsp3) is 0.209. The molecule has 17 N–H and O–H groups in total. The van der Waals surface area contributed by atoms with E-state index in [4.69, 9.17) is 21.0 Å². The fourth-order valence-corrected chi connectivity index (χ4v) is 14.3. The summed E-state index contributed by atoms with van der Waals surface area (Å²) in [6, 6.07) is 26.7. The molecule has 6 aromatic carbocycles. The molecule has 0 spiro atoms. The van der Waals surface area contributed by atoms with E-state index in [-0.39, 0.29) is 242 Å². The Labute approximate surface area is 732 Å². The minimum Gasteiger partial charge on any atom is -0.744 e. The number of aliphatic hydroxyl groups excluding tert-OH is 1. The summed E-state index contributed by atoms with van der Waals surface area (Å²) >= 11 is 0. The molecule has 0 radical (unpaired) electrons. The number of aliphatic hydroxyl groups is 1. The number of carboxylic acid groups (broad SMARTS) is 1. The molecule has 0 atom stereocenters. The first-order chi connectivity index (χ1) is 51.1. The molecule has 8 aromatic rings. The molecule has 10 rings (SSSR count). The topological polar surface area (TPSA) is 571 Å². The molecule has 1 aliphatic carbocycles. The molecule has 3 heterocycles. The third kappa shape index (κ3) is 24.6. The zero-order valence-electron chi connectivity index (χ0n) is 62.3. The summed E-state index contributed by atoms with van der Waals surface area (Å²) in [5.41, 5.74) is 16.0. The van der Waals surface area contributed by atoms with Crippen molar-refractivity contribution in [2.24, 2.45) is 0 Å². The maximum absolute atomic E-state index is 15.4. The van der Waals surface area contributed by atoms with Crippen molar-refractivity contribution in [1.29, 1.82) is 0 Å². The van der Waals surface area contributed by atoms with E-state index in [2.05, 4.69) is 99.3 Å². The molecule has 0 saturated heterocycles. The van der Waals surface area contributed by atoms with Crippen LogP contribution in [0.15, 0.2) is 128 Å².